The van der Waals surface area contributed by atoms with Gasteiger partial charge in [-0.1, -0.05) is 6.37 Å². The van der Waals surface area contributed by atoms with Crippen LogP contribution in [0.4, 0.5) is 0 Å². The number of fused-ring (bicyclic) bond motifs is 1. The molecule has 3 atom stereocenters. The van der Waals surface area contributed by atoms with E-state index in [-0.39, 0.29) is 10.2 Å². The number of nitrogens with one attached hydrogen (secondary N) is 1. The topological polar surface area (TPSA) is 74.6 Å². The van der Waals surface area contributed by atoms with Gasteiger partial charge in [0.2, 0.25) is 0 Å². The number of carbonyl (C=O) groups is 1. The highest BCUT2D eigenvalue weighted by molar-refractivity contribution is 7.16. The maximum absolute atomic E-state index is 13.5. The number of hydrogen-bond acceptors (Lipinski definition) is 5. The predicted molar refractivity (Wildman–Crippen MR) is 105 cm³/mol. The van der Waals surface area contributed by atoms with Gasteiger partial charge >= 0.3 is 0 Å². The van der Waals surface area contributed by atoms with Crippen LogP contribution in [-0.4, -0.2) is 46.5 Å². The van der Waals surface area contributed by atoms with E-state index in [0.29, 0.717) is 4.57 Å². The van der Waals surface area contributed by atoms with Crippen molar-refractivity contribution >= 4 is 27.5 Å². The lowest BCUT2D eigenvalue weighted by molar-refractivity contribution is 0.0946. The highest BCUT2D eigenvalue weighted by atomic mass is 32.1. The normalized spacial score (nSPS) is 41.8. The molecule has 1 saturated heterocycles. The van der Waals surface area contributed by atoms with Crippen molar-refractivity contribution in [3.8, 4) is 5.75 Å². The predicted octanol–water partition coefficient (Wildman–Crippen LogP) is 2.96. The van der Waals surface area contributed by atoms with Gasteiger partial charge in [-0.3, -0.25) is 14.2 Å². The Morgan fingerprint density at radius 1 is 1.58 bits per heavy atom. The van der Waals surface area contributed by atoms with Crippen molar-refractivity contribution in [2.75, 3.05) is 26.0 Å². The Bertz CT molecular complexity index is 1540. The van der Waals surface area contributed by atoms with Gasteiger partial charge in [-0.05, 0) is 63.9 Å². The Balaban J connectivity index is 2.17. The zero-order chi connectivity index (χ0) is 35.5. The average Bonchev–Trinajstić information content (AvgIpc) is 3.35. The quantitative estimate of drug-likeness (QED) is 0.787. The second-order valence-corrected chi connectivity index (χ2v) is 5.81. The first-order valence-corrected chi connectivity index (χ1v) is 8.01. The molecule has 0 aromatic carbocycles. The molecule has 142 valence electrons. The fourth-order valence-corrected chi connectivity index (χ4v) is 3.11. The SMILES string of the molecule is [2H]C(N([2H])C(=O)c1c(O)c2ccsc2n(C([2H])(C)C([2H])([2H])[2H])c1=O)C([2H])([2H])C([2H])N1C([2H])([2H])C([2H])([2H])C([2H])([2H])C([2H])([2H])C1([2H])[2H]. The molecule has 7 heteroatoms. The number of piperidine rings is 1. The second kappa shape index (κ2) is 8.22. The van der Waals surface area contributed by atoms with Gasteiger partial charge in [0.25, 0.3) is 11.5 Å². The summed E-state index contributed by atoms with van der Waals surface area (Å²) in [6.07, 6.45) is -15.6. The molecule has 2 aromatic rings. The minimum atomic E-state index is -3.98. The molecule has 1 fully saturated rings. The first kappa shape index (κ1) is 6.34. The van der Waals surface area contributed by atoms with Gasteiger partial charge in [0.05, 0.1) is 6.76 Å². The average molecular weight is 397 g/mol. The van der Waals surface area contributed by atoms with Crippen LogP contribution in [0.1, 0.15) is 80.3 Å². The molecular formula is C19H27N3O3S. The number of rotatable bonds is 6. The van der Waals surface area contributed by atoms with Gasteiger partial charge in [-0.25, -0.2) is 0 Å². The first-order chi connectivity index (χ1) is 19.8. The molecule has 0 aliphatic carbocycles. The van der Waals surface area contributed by atoms with Crippen LogP contribution in [0.15, 0.2) is 16.2 Å². The van der Waals surface area contributed by atoms with Crippen LogP contribution < -0.4 is 10.9 Å². The second-order valence-electron chi connectivity index (χ2n) is 4.92. The van der Waals surface area contributed by atoms with E-state index in [1.807, 2.05) is 0 Å². The van der Waals surface area contributed by atoms with Gasteiger partial charge in [-0.15, -0.1) is 11.3 Å². The van der Waals surface area contributed by atoms with Crippen LogP contribution in [0.5, 0.6) is 5.75 Å². The lowest BCUT2D eigenvalue weighted by atomic mass is 10.1. The van der Waals surface area contributed by atoms with Gasteiger partial charge in [-0.2, -0.15) is 0 Å². The molecule has 3 unspecified atom stereocenters. The molecule has 0 spiro atoms. The van der Waals surface area contributed by atoms with Gasteiger partial charge in [0.1, 0.15) is 16.1 Å². The van der Waals surface area contributed by atoms with E-state index in [9.17, 15) is 14.7 Å². The van der Waals surface area contributed by atoms with Crippen LogP contribution >= 0.6 is 11.3 Å². The molecule has 3 heterocycles. The van der Waals surface area contributed by atoms with E-state index in [4.69, 9.17) is 26.1 Å². The third kappa shape index (κ3) is 3.78. The lowest BCUT2D eigenvalue weighted by Crippen LogP contribution is -2.36. The van der Waals surface area contributed by atoms with Crippen molar-refractivity contribution in [3.05, 3.63) is 27.4 Å². The third-order valence-electron chi connectivity index (χ3n) is 3.24. The van der Waals surface area contributed by atoms with Crippen molar-refractivity contribution < 1.29 is 36.0 Å². The van der Waals surface area contributed by atoms with E-state index in [2.05, 4.69) is 0 Å². The van der Waals surface area contributed by atoms with Crippen LogP contribution in [0.3, 0.4) is 0 Å². The molecule has 26 heavy (non-hydrogen) atoms. The van der Waals surface area contributed by atoms with Crippen molar-refractivity contribution in [2.45, 2.75) is 45.3 Å². The number of aromatic hydroxyl groups is 1. The summed E-state index contributed by atoms with van der Waals surface area (Å²) in [5.74, 6) is -3.08. The number of likely N-dealkylation sites (tertiary alicyclic amines) is 1. The standard InChI is InChI=1S/C19H27N3O3S/c1-13(2)22-18(25)15(16(23)14-7-12-26-19(14)22)17(24)20-8-6-11-21-9-4-3-5-10-21/h7,12-13,23H,3-6,8-11H2,1-2H3,(H,20,24)/i1D3,3D2,4D2,5D2,6D2,8D,9D2,10D2,11D,13D/hD. The fourth-order valence-electron chi connectivity index (χ4n) is 2.16. The summed E-state index contributed by atoms with van der Waals surface area (Å²) >= 11 is 0.718. The number of pyridine rings is 1. The van der Waals surface area contributed by atoms with Gasteiger partial charge in [0.15, 0.2) is 1.41 Å². The summed E-state index contributed by atoms with van der Waals surface area (Å²) in [5.41, 5.74) is -3.00. The molecule has 1 aliphatic rings. The highest BCUT2D eigenvalue weighted by Gasteiger charge is 2.23. The largest absolute Gasteiger partial charge is 0.506 e. The zero-order valence-corrected chi connectivity index (χ0v) is 14.1. The molecular weight excluding hydrogens is 350 g/mol. The molecule has 1 aliphatic heterocycles. The Labute approximate surface area is 184 Å². The van der Waals surface area contributed by atoms with Crippen molar-refractivity contribution in [1.29, 1.82) is 0 Å². The molecule has 2 N–H and O–H groups in total. The summed E-state index contributed by atoms with van der Waals surface area (Å²) in [6.45, 7) is -16.5. The zero-order valence-electron chi connectivity index (χ0n) is 32.3. The summed E-state index contributed by atoms with van der Waals surface area (Å²) in [5, 5.41) is 11.1. The number of aromatic nitrogens is 1. The minimum absolute atomic E-state index is 0.263. The lowest BCUT2D eigenvalue weighted by Gasteiger charge is -2.26. The summed E-state index contributed by atoms with van der Waals surface area (Å²) < 4.78 is 154. The molecule has 1 amide bonds. The Kier molecular flexibility index (Phi) is 2.01. The van der Waals surface area contributed by atoms with E-state index in [0.717, 1.165) is 24.3 Å². The molecule has 3 rings (SSSR count). The van der Waals surface area contributed by atoms with Gasteiger partial charge in [0, 0.05) is 35.8 Å². The maximum Gasteiger partial charge on any atom is 0.268 e. The van der Waals surface area contributed by atoms with Crippen LogP contribution in [0.25, 0.3) is 10.2 Å². The van der Waals surface area contributed by atoms with Crippen molar-refractivity contribution in [1.82, 2.24) is 14.8 Å². The maximum atomic E-state index is 13.5. The van der Waals surface area contributed by atoms with Crippen LogP contribution in [0.2, 0.25) is 1.41 Å². The minimum Gasteiger partial charge on any atom is -0.506 e. The molecule has 6 nitrogen and oxygen atoms in total. The third-order valence-corrected chi connectivity index (χ3v) is 4.14. The van der Waals surface area contributed by atoms with E-state index in [1.165, 1.54) is 5.38 Å². The molecule has 0 bridgehead atoms. The van der Waals surface area contributed by atoms with E-state index < -0.39 is 97.4 Å². The number of hydrogen-bond donors (Lipinski definition) is 2. The molecule has 0 saturated carbocycles. The first-order valence-electron chi connectivity index (χ1n) is 16.7. The Morgan fingerprint density at radius 2 is 2.35 bits per heavy atom. The fraction of sp³-hybridized carbons (Fsp3) is 0.579. The smallest absolute Gasteiger partial charge is 0.268 e. The number of carbonyl (C=O) groups excluding carboxylic acids is 1. The Hall–Kier alpha value is -1.86. The van der Waals surface area contributed by atoms with E-state index in [1.54, 1.807) is 0 Å². The molecule has 0 radical (unpaired) electrons. The number of amides is 1. The highest BCUT2D eigenvalue weighted by Crippen LogP contribution is 2.31. The Morgan fingerprint density at radius 3 is 3.08 bits per heavy atom. The monoisotopic (exact) mass is 396 g/mol. The summed E-state index contributed by atoms with van der Waals surface area (Å²) in [4.78, 5) is 26.0. The molecule has 2 aromatic heterocycles. The summed E-state index contributed by atoms with van der Waals surface area (Å²) in [7, 11) is 0. The van der Waals surface area contributed by atoms with Crippen molar-refractivity contribution in [3.63, 3.8) is 0 Å². The van der Waals surface area contributed by atoms with Crippen molar-refractivity contribution in [2.24, 2.45) is 0 Å². The number of nitrogens with zero attached hydrogens (tertiary/aromatic N) is 2. The van der Waals surface area contributed by atoms with Gasteiger partial charge < -0.3 is 15.3 Å². The number of thiophene rings is 1. The summed E-state index contributed by atoms with van der Waals surface area (Å²) in [6, 6.07) is -1.62. The van der Waals surface area contributed by atoms with Crippen LogP contribution in [0, 0.1) is 0 Å². The van der Waals surface area contributed by atoms with Crippen LogP contribution in [-0.2, 0) is 0 Å². The van der Waals surface area contributed by atoms with E-state index >= 15 is 0 Å².